The number of anilines is 1. The summed E-state index contributed by atoms with van der Waals surface area (Å²) in [7, 11) is 0. The number of benzene rings is 1. The minimum atomic E-state index is -1.17. The van der Waals surface area contributed by atoms with Crippen LogP contribution in [-0.2, 0) is 9.59 Å². The van der Waals surface area contributed by atoms with Gasteiger partial charge in [0.25, 0.3) is 0 Å². The lowest BCUT2D eigenvalue weighted by molar-refractivity contribution is -0.128. The van der Waals surface area contributed by atoms with Gasteiger partial charge in [-0.15, -0.1) is 0 Å². The molecule has 7 heteroatoms. The number of hydrogen-bond donors (Lipinski definition) is 3. The number of hydrogen-bond acceptors (Lipinski definition) is 3. The van der Waals surface area contributed by atoms with Gasteiger partial charge in [-0.1, -0.05) is 24.4 Å². The van der Waals surface area contributed by atoms with E-state index >= 15 is 0 Å². The normalized spacial score (nSPS) is 15.9. The Balaban J connectivity index is 1.96. The van der Waals surface area contributed by atoms with E-state index in [-0.39, 0.29) is 22.4 Å². The van der Waals surface area contributed by atoms with Gasteiger partial charge < -0.3 is 15.7 Å². The van der Waals surface area contributed by atoms with Crippen molar-refractivity contribution in [3.05, 3.63) is 28.8 Å². The Kier molecular flexibility index (Phi) is 5.60. The van der Waals surface area contributed by atoms with Gasteiger partial charge in [-0.2, -0.15) is 0 Å². The molecule has 0 spiro atoms. The molecule has 1 fully saturated rings. The summed E-state index contributed by atoms with van der Waals surface area (Å²) in [6.07, 6.45) is 3.81. The first-order valence-corrected chi connectivity index (χ1v) is 7.90. The smallest absolute Gasteiger partial charge is 0.337 e. The largest absolute Gasteiger partial charge is 0.478 e. The van der Waals surface area contributed by atoms with Crippen LogP contribution in [0.1, 0.15) is 43.0 Å². The molecular formula is C16H19ClN2O4. The van der Waals surface area contributed by atoms with Crippen molar-refractivity contribution < 1.29 is 19.5 Å². The van der Waals surface area contributed by atoms with E-state index in [4.69, 9.17) is 16.7 Å². The Morgan fingerprint density at radius 2 is 1.91 bits per heavy atom. The lowest BCUT2D eigenvalue weighted by atomic mass is 10.1. The first-order valence-electron chi connectivity index (χ1n) is 7.52. The van der Waals surface area contributed by atoms with Crippen LogP contribution in [-0.4, -0.2) is 28.9 Å². The zero-order valence-corrected chi connectivity index (χ0v) is 13.5. The van der Waals surface area contributed by atoms with Gasteiger partial charge in [0, 0.05) is 11.6 Å². The Bertz CT molecular complexity index is 627. The highest BCUT2D eigenvalue weighted by Gasteiger charge is 2.25. The van der Waals surface area contributed by atoms with Crippen molar-refractivity contribution in [1.82, 2.24) is 5.32 Å². The number of amides is 2. The van der Waals surface area contributed by atoms with Crippen LogP contribution in [0.15, 0.2) is 18.2 Å². The molecule has 1 saturated carbocycles. The van der Waals surface area contributed by atoms with E-state index in [1.807, 2.05) is 0 Å². The fraction of sp³-hybridized carbons (Fsp3) is 0.438. The molecule has 1 aromatic rings. The minimum absolute atomic E-state index is 0.0144. The average Bonchev–Trinajstić information content (AvgIpc) is 3.03. The van der Waals surface area contributed by atoms with Gasteiger partial charge in [-0.25, -0.2) is 4.79 Å². The monoisotopic (exact) mass is 338 g/mol. The molecule has 23 heavy (non-hydrogen) atoms. The van der Waals surface area contributed by atoms with Gasteiger partial charge in [0.05, 0.1) is 10.6 Å². The maximum absolute atomic E-state index is 12.1. The van der Waals surface area contributed by atoms with Crippen LogP contribution in [0.25, 0.3) is 0 Å². The van der Waals surface area contributed by atoms with Crippen LogP contribution in [0.3, 0.4) is 0 Å². The summed E-state index contributed by atoms with van der Waals surface area (Å²) in [5.74, 6) is -1.70. The fourth-order valence-corrected chi connectivity index (χ4v) is 2.80. The third-order valence-corrected chi connectivity index (χ3v) is 4.27. The molecular weight excluding hydrogens is 320 g/mol. The van der Waals surface area contributed by atoms with E-state index in [2.05, 4.69) is 10.6 Å². The molecule has 2 rings (SSSR count). The summed E-state index contributed by atoms with van der Waals surface area (Å²) in [5, 5.41) is 14.4. The lowest BCUT2D eigenvalue weighted by Gasteiger charge is -2.17. The predicted octanol–water partition coefficient (Wildman–Crippen LogP) is 2.67. The zero-order chi connectivity index (χ0) is 17.0. The second kappa shape index (κ2) is 7.46. The maximum Gasteiger partial charge on any atom is 0.337 e. The second-order valence-electron chi connectivity index (χ2n) is 5.70. The number of halogens is 1. The SMILES string of the molecule is CC(NC(=O)C1CCCC1)C(=O)Nc1ccc(Cl)c(C(=O)O)c1. The van der Waals surface area contributed by atoms with Crippen molar-refractivity contribution in [3.63, 3.8) is 0 Å². The summed E-state index contributed by atoms with van der Waals surface area (Å²) >= 11 is 5.78. The summed E-state index contributed by atoms with van der Waals surface area (Å²) < 4.78 is 0. The van der Waals surface area contributed by atoms with Gasteiger partial charge >= 0.3 is 5.97 Å². The minimum Gasteiger partial charge on any atom is -0.478 e. The first-order chi connectivity index (χ1) is 10.9. The van der Waals surface area contributed by atoms with Crippen LogP contribution in [0.4, 0.5) is 5.69 Å². The van der Waals surface area contributed by atoms with Gasteiger partial charge in [-0.05, 0) is 38.0 Å². The van der Waals surface area contributed by atoms with E-state index in [9.17, 15) is 14.4 Å². The Morgan fingerprint density at radius 1 is 1.26 bits per heavy atom. The van der Waals surface area contributed by atoms with Crippen LogP contribution >= 0.6 is 11.6 Å². The summed E-state index contributed by atoms with van der Waals surface area (Å²) in [6.45, 7) is 1.59. The Labute approximate surface area is 139 Å². The van der Waals surface area contributed by atoms with Crippen LogP contribution < -0.4 is 10.6 Å². The standard InChI is InChI=1S/C16H19ClN2O4/c1-9(18-15(21)10-4-2-3-5-10)14(20)19-11-6-7-13(17)12(8-11)16(22)23/h6-10H,2-5H2,1H3,(H,18,21)(H,19,20)(H,22,23). The number of nitrogens with one attached hydrogen (secondary N) is 2. The van der Waals surface area contributed by atoms with Crippen molar-refractivity contribution in [1.29, 1.82) is 0 Å². The number of carboxylic acids is 1. The number of carbonyl (C=O) groups excluding carboxylic acids is 2. The van der Waals surface area contributed by atoms with E-state index < -0.39 is 17.9 Å². The molecule has 1 unspecified atom stereocenters. The second-order valence-corrected chi connectivity index (χ2v) is 6.11. The molecule has 0 heterocycles. The molecule has 1 aliphatic rings. The van der Waals surface area contributed by atoms with Gasteiger partial charge in [0.1, 0.15) is 6.04 Å². The Morgan fingerprint density at radius 3 is 2.52 bits per heavy atom. The van der Waals surface area contributed by atoms with E-state index in [0.29, 0.717) is 5.69 Å². The quantitative estimate of drug-likeness (QED) is 0.769. The number of carbonyl (C=O) groups is 3. The summed E-state index contributed by atoms with van der Waals surface area (Å²) in [4.78, 5) is 35.2. The third kappa shape index (κ3) is 4.45. The van der Waals surface area contributed by atoms with Crippen molar-refractivity contribution in [2.75, 3.05) is 5.32 Å². The molecule has 0 radical (unpaired) electrons. The molecule has 2 amide bonds. The molecule has 0 aliphatic heterocycles. The highest BCUT2D eigenvalue weighted by atomic mass is 35.5. The van der Waals surface area contributed by atoms with Crippen molar-refractivity contribution in [2.45, 2.75) is 38.6 Å². The highest BCUT2D eigenvalue weighted by Crippen LogP contribution is 2.25. The average molecular weight is 339 g/mol. The molecule has 0 aromatic heterocycles. The number of rotatable bonds is 5. The van der Waals surface area contributed by atoms with E-state index in [0.717, 1.165) is 25.7 Å². The molecule has 6 nitrogen and oxygen atoms in total. The molecule has 1 aromatic carbocycles. The van der Waals surface area contributed by atoms with Crippen molar-refractivity contribution in [3.8, 4) is 0 Å². The number of aromatic carboxylic acids is 1. The molecule has 1 aliphatic carbocycles. The van der Waals surface area contributed by atoms with Crippen molar-refractivity contribution >= 4 is 35.1 Å². The molecule has 0 saturated heterocycles. The summed E-state index contributed by atoms with van der Waals surface area (Å²) in [6, 6.07) is 3.50. The van der Waals surface area contributed by atoms with E-state index in [1.165, 1.54) is 18.2 Å². The van der Waals surface area contributed by atoms with Gasteiger partial charge in [0.2, 0.25) is 11.8 Å². The predicted molar refractivity (Wildman–Crippen MR) is 86.6 cm³/mol. The van der Waals surface area contributed by atoms with Crippen LogP contribution in [0, 0.1) is 5.92 Å². The zero-order valence-electron chi connectivity index (χ0n) is 12.8. The number of carboxylic acid groups (broad SMARTS) is 1. The molecule has 124 valence electrons. The first kappa shape index (κ1) is 17.3. The van der Waals surface area contributed by atoms with Gasteiger partial charge in [0.15, 0.2) is 0 Å². The maximum atomic E-state index is 12.1. The van der Waals surface area contributed by atoms with Crippen molar-refractivity contribution in [2.24, 2.45) is 5.92 Å². The third-order valence-electron chi connectivity index (χ3n) is 3.94. The molecule has 0 bridgehead atoms. The fourth-order valence-electron chi connectivity index (χ4n) is 2.60. The van der Waals surface area contributed by atoms with Crippen LogP contribution in [0.5, 0.6) is 0 Å². The summed E-state index contributed by atoms with van der Waals surface area (Å²) in [5.41, 5.74) is 0.228. The van der Waals surface area contributed by atoms with Gasteiger partial charge in [-0.3, -0.25) is 9.59 Å². The topological polar surface area (TPSA) is 95.5 Å². The molecule has 3 N–H and O–H groups in total. The van der Waals surface area contributed by atoms with Crippen LogP contribution in [0.2, 0.25) is 5.02 Å². The lowest BCUT2D eigenvalue weighted by Crippen LogP contribution is -2.43. The molecule has 1 atom stereocenters. The highest BCUT2D eigenvalue weighted by molar-refractivity contribution is 6.33. The Hall–Kier alpha value is -2.08. The van der Waals surface area contributed by atoms with E-state index in [1.54, 1.807) is 6.92 Å².